The molecule has 0 spiro atoms. The summed E-state index contributed by atoms with van der Waals surface area (Å²) in [5, 5.41) is 23.9. The second-order valence-corrected chi connectivity index (χ2v) is 10.1. The number of amides is 1. The Kier molecular flexibility index (Phi) is 8.41. The van der Waals surface area contributed by atoms with E-state index in [1.165, 1.54) is 16.8 Å². The SMILES string of the molecule is CN=C(NC#N)NCCCC1(c2ccccc2)SC(c2cc(F)ccc2F)=NN1C(=O)C(NC)C1CC1. The normalized spacial score (nSPS) is 20.2. The first-order valence-corrected chi connectivity index (χ1v) is 12.9. The summed E-state index contributed by atoms with van der Waals surface area (Å²) in [6.45, 7) is 0.459. The van der Waals surface area contributed by atoms with Crippen molar-refractivity contribution in [1.82, 2.24) is 21.0 Å². The van der Waals surface area contributed by atoms with Crippen LogP contribution in [0.3, 0.4) is 0 Å². The third kappa shape index (κ3) is 5.76. The Morgan fingerprint density at radius 3 is 2.70 bits per heavy atom. The quantitative estimate of drug-likeness (QED) is 0.152. The van der Waals surface area contributed by atoms with Crippen LogP contribution in [-0.4, -0.2) is 48.6 Å². The number of nitriles is 1. The topological polar surface area (TPSA) is 105 Å². The fourth-order valence-electron chi connectivity index (χ4n) is 4.46. The maximum Gasteiger partial charge on any atom is 0.261 e. The summed E-state index contributed by atoms with van der Waals surface area (Å²) >= 11 is 1.25. The van der Waals surface area contributed by atoms with Crippen molar-refractivity contribution in [3.63, 3.8) is 0 Å². The lowest BCUT2D eigenvalue weighted by molar-refractivity contribution is -0.137. The van der Waals surface area contributed by atoms with Gasteiger partial charge in [-0.2, -0.15) is 10.4 Å². The van der Waals surface area contributed by atoms with Crippen molar-refractivity contribution in [2.45, 2.75) is 36.6 Å². The minimum atomic E-state index is -0.982. The molecule has 0 aromatic heterocycles. The van der Waals surface area contributed by atoms with Crippen LogP contribution in [0.5, 0.6) is 0 Å². The van der Waals surface area contributed by atoms with Gasteiger partial charge < -0.3 is 10.6 Å². The molecule has 1 amide bonds. The molecule has 1 saturated carbocycles. The van der Waals surface area contributed by atoms with E-state index in [2.05, 4.69) is 26.0 Å². The third-order valence-electron chi connectivity index (χ3n) is 6.44. The highest BCUT2D eigenvalue weighted by molar-refractivity contribution is 8.15. The number of nitrogens with zero attached hydrogens (tertiary/aromatic N) is 4. The number of likely N-dealkylation sites (N-methyl/N-ethyl adjacent to an activating group) is 1. The van der Waals surface area contributed by atoms with Crippen LogP contribution in [0, 0.1) is 29.0 Å². The molecule has 1 aliphatic heterocycles. The molecule has 2 aromatic carbocycles. The second-order valence-electron chi connectivity index (χ2n) is 8.87. The first-order valence-electron chi connectivity index (χ1n) is 12.1. The summed E-state index contributed by atoms with van der Waals surface area (Å²) in [5.74, 6) is -0.844. The molecule has 11 heteroatoms. The van der Waals surface area contributed by atoms with Gasteiger partial charge in [-0.25, -0.2) is 13.8 Å². The van der Waals surface area contributed by atoms with Gasteiger partial charge in [-0.1, -0.05) is 42.1 Å². The Balaban J connectivity index is 1.72. The Labute approximate surface area is 219 Å². The van der Waals surface area contributed by atoms with Crippen LogP contribution in [0.1, 0.15) is 36.8 Å². The van der Waals surface area contributed by atoms with Crippen molar-refractivity contribution >= 4 is 28.7 Å². The lowest BCUT2D eigenvalue weighted by Gasteiger charge is -2.37. The minimum Gasteiger partial charge on any atom is -0.356 e. The van der Waals surface area contributed by atoms with E-state index in [9.17, 15) is 13.6 Å². The van der Waals surface area contributed by atoms with Gasteiger partial charge in [-0.05, 0) is 62.4 Å². The monoisotopic (exact) mass is 525 g/mol. The van der Waals surface area contributed by atoms with Gasteiger partial charge in [-0.15, -0.1) is 0 Å². The fourth-order valence-corrected chi connectivity index (χ4v) is 5.89. The number of thioether (sulfide) groups is 1. The molecule has 0 bridgehead atoms. The van der Waals surface area contributed by atoms with Gasteiger partial charge in [0.1, 0.15) is 21.5 Å². The number of rotatable bonds is 9. The van der Waals surface area contributed by atoms with Gasteiger partial charge in [0.15, 0.2) is 6.19 Å². The van der Waals surface area contributed by atoms with Crippen molar-refractivity contribution in [2.75, 3.05) is 20.6 Å². The van der Waals surface area contributed by atoms with Crippen LogP contribution < -0.4 is 16.0 Å². The van der Waals surface area contributed by atoms with Gasteiger partial charge in [0.25, 0.3) is 5.91 Å². The number of guanidine groups is 1. The van der Waals surface area contributed by atoms with Crippen molar-refractivity contribution in [1.29, 1.82) is 5.26 Å². The number of hydrogen-bond donors (Lipinski definition) is 3. The number of nitrogens with one attached hydrogen (secondary N) is 3. The fraction of sp³-hybridized carbons (Fsp3) is 0.385. The van der Waals surface area contributed by atoms with Crippen LogP contribution in [0.15, 0.2) is 58.6 Å². The number of benzene rings is 2. The molecule has 2 aromatic rings. The van der Waals surface area contributed by atoms with Crippen molar-refractivity contribution in [2.24, 2.45) is 16.0 Å². The number of carbonyl (C=O) groups is 1. The summed E-state index contributed by atoms with van der Waals surface area (Å²) in [4.78, 5) is 17.0. The Morgan fingerprint density at radius 1 is 1.30 bits per heavy atom. The predicted molar refractivity (Wildman–Crippen MR) is 140 cm³/mol. The highest BCUT2D eigenvalue weighted by Gasteiger charge is 2.51. The predicted octanol–water partition coefficient (Wildman–Crippen LogP) is 3.48. The number of carbonyl (C=O) groups excluding carboxylic acids is 1. The zero-order valence-electron chi connectivity index (χ0n) is 20.7. The zero-order chi connectivity index (χ0) is 26.4. The second kappa shape index (κ2) is 11.7. The van der Waals surface area contributed by atoms with E-state index in [0.29, 0.717) is 25.3 Å². The van der Waals surface area contributed by atoms with E-state index >= 15 is 0 Å². The number of halogens is 2. The Bertz CT molecular complexity index is 1230. The van der Waals surface area contributed by atoms with E-state index in [0.717, 1.165) is 36.6 Å². The molecular weight excluding hydrogens is 496 g/mol. The highest BCUT2D eigenvalue weighted by Crippen LogP contribution is 2.51. The first kappa shape index (κ1) is 26.6. The van der Waals surface area contributed by atoms with Crippen LogP contribution in [0.25, 0.3) is 0 Å². The van der Waals surface area contributed by atoms with E-state index in [1.807, 2.05) is 36.5 Å². The van der Waals surface area contributed by atoms with Gasteiger partial charge in [-0.3, -0.25) is 15.1 Å². The molecule has 1 heterocycles. The zero-order valence-corrected chi connectivity index (χ0v) is 21.5. The average molecular weight is 526 g/mol. The first-order chi connectivity index (χ1) is 17.9. The number of hydrogen-bond acceptors (Lipinski definition) is 6. The van der Waals surface area contributed by atoms with Crippen molar-refractivity contribution in [3.05, 3.63) is 71.3 Å². The molecule has 37 heavy (non-hydrogen) atoms. The largest absolute Gasteiger partial charge is 0.356 e. The average Bonchev–Trinajstić information content (AvgIpc) is 3.67. The van der Waals surface area contributed by atoms with E-state index in [-0.39, 0.29) is 22.4 Å². The van der Waals surface area contributed by atoms with Gasteiger partial charge in [0.05, 0.1) is 6.04 Å². The molecule has 4 rings (SSSR count). The molecule has 3 N–H and O–H groups in total. The summed E-state index contributed by atoms with van der Waals surface area (Å²) in [5.41, 5.74) is 0.846. The molecule has 1 aliphatic carbocycles. The van der Waals surface area contributed by atoms with Crippen molar-refractivity contribution in [3.8, 4) is 6.19 Å². The molecule has 1 fully saturated rings. The third-order valence-corrected chi connectivity index (χ3v) is 7.89. The number of hydrazone groups is 1. The molecule has 0 saturated heterocycles. The Hall–Kier alpha value is -3.49. The maximum atomic E-state index is 14.8. The summed E-state index contributed by atoms with van der Waals surface area (Å²) in [7, 11) is 3.32. The lowest BCUT2D eigenvalue weighted by Crippen LogP contribution is -2.50. The number of aliphatic imine (C=N–C) groups is 1. The summed E-state index contributed by atoms with van der Waals surface area (Å²) < 4.78 is 29.0. The lowest BCUT2D eigenvalue weighted by atomic mass is 9.99. The highest BCUT2D eigenvalue weighted by atomic mass is 32.2. The Morgan fingerprint density at radius 2 is 2.05 bits per heavy atom. The molecule has 194 valence electrons. The minimum absolute atomic E-state index is 0.0183. The molecule has 2 unspecified atom stereocenters. The van der Waals surface area contributed by atoms with Crippen LogP contribution in [0.2, 0.25) is 0 Å². The smallest absolute Gasteiger partial charge is 0.261 e. The van der Waals surface area contributed by atoms with E-state index in [1.54, 1.807) is 14.1 Å². The standard InChI is InChI=1S/C26H29F2N7OS/c1-30-22(17-9-10-17)24(36)35-26(18-7-4-3-5-8-18,13-6-14-32-25(31-2)33-16-29)37-23(34-35)20-15-19(27)11-12-21(20)28/h3-5,7-8,11-12,15,17,22,30H,6,9-10,13-14H2,1-2H3,(H2,31,32,33). The van der Waals surface area contributed by atoms with Crippen molar-refractivity contribution < 1.29 is 13.6 Å². The van der Waals surface area contributed by atoms with Gasteiger partial charge >= 0.3 is 0 Å². The van der Waals surface area contributed by atoms with Crippen LogP contribution in [-0.2, 0) is 9.67 Å². The maximum absolute atomic E-state index is 14.8. The summed E-state index contributed by atoms with van der Waals surface area (Å²) in [6.07, 6.45) is 4.75. The van der Waals surface area contributed by atoms with Gasteiger partial charge in [0.2, 0.25) is 5.96 Å². The summed E-state index contributed by atoms with van der Waals surface area (Å²) in [6, 6.07) is 12.3. The van der Waals surface area contributed by atoms with E-state index in [4.69, 9.17) is 5.26 Å². The van der Waals surface area contributed by atoms with Crippen LogP contribution >= 0.6 is 11.8 Å². The van der Waals surface area contributed by atoms with Crippen LogP contribution in [0.4, 0.5) is 8.78 Å². The molecule has 0 radical (unpaired) electrons. The molecule has 2 atom stereocenters. The molecule has 2 aliphatic rings. The molecule has 8 nitrogen and oxygen atoms in total. The molecular formula is C26H29F2N7OS. The van der Waals surface area contributed by atoms with Gasteiger partial charge in [0, 0.05) is 19.2 Å². The van der Waals surface area contributed by atoms with E-state index < -0.39 is 22.5 Å².